The van der Waals surface area contributed by atoms with E-state index in [1.807, 2.05) is 0 Å². The van der Waals surface area contributed by atoms with Gasteiger partial charge in [0.25, 0.3) is 0 Å². The van der Waals surface area contributed by atoms with Crippen molar-refractivity contribution in [1.82, 2.24) is 15.5 Å². The molecule has 0 bridgehead atoms. The maximum absolute atomic E-state index is 10.9. The zero-order valence-electron chi connectivity index (χ0n) is 6.35. The molecule has 0 amide bonds. The van der Waals surface area contributed by atoms with Gasteiger partial charge in [0.15, 0.2) is 5.69 Å². The van der Waals surface area contributed by atoms with Crippen molar-refractivity contribution in [2.75, 3.05) is 0 Å². The van der Waals surface area contributed by atoms with Crippen molar-refractivity contribution < 1.29 is 19.1 Å². The lowest BCUT2D eigenvalue weighted by atomic mass is 10.3. The van der Waals surface area contributed by atoms with E-state index in [0.29, 0.717) is 0 Å². The van der Waals surface area contributed by atoms with Gasteiger partial charge in [-0.1, -0.05) is 5.16 Å². The number of nitro groups is 1. The summed E-state index contributed by atoms with van der Waals surface area (Å²) in [6.45, 7) is 0. The minimum atomic E-state index is -0.873. The lowest BCUT2D eigenvalue weighted by Gasteiger charge is -1.89. The molecule has 0 aliphatic rings. The number of hydrogen-bond donors (Lipinski definition) is 0. The normalized spacial score (nSPS) is 10.3. The quantitative estimate of drug-likeness (QED) is 0.350. The van der Waals surface area contributed by atoms with Crippen LogP contribution in [0.5, 0.6) is 0 Å². The molecule has 14 heavy (non-hydrogen) atoms. The second kappa shape index (κ2) is 2.76. The average Bonchev–Trinajstić information content (AvgIpc) is 2.71. The predicted octanol–water partition coefficient (Wildman–Crippen LogP) is -0.734. The third-order valence-electron chi connectivity index (χ3n) is 1.37. The fourth-order valence-corrected chi connectivity index (χ4v) is 0.838. The summed E-state index contributed by atoms with van der Waals surface area (Å²) in [5, 5.41) is 30.7. The minimum absolute atomic E-state index is 0.118. The van der Waals surface area contributed by atoms with Crippen LogP contribution in [0, 0.1) is 15.3 Å². The van der Waals surface area contributed by atoms with Gasteiger partial charge in [-0.25, -0.2) is 4.63 Å². The molecule has 0 radical (unpaired) electrons. The Balaban J connectivity index is 2.62. The third-order valence-corrected chi connectivity index (χ3v) is 1.37. The zero-order valence-corrected chi connectivity index (χ0v) is 6.35. The standard InChI is InChI=1S/C4HN5O5/c10-8(11)4-3(9(12)14-7-4)2-1-5-13-6-2/h1H. The van der Waals surface area contributed by atoms with Crippen molar-refractivity contribution in [2.24, 2.45) is 0 Å². The molecular weight excluding hydrogens is 198 g/mol. The summed E-state index contributed by atoms with van der Waals surface area (Å²) < 4.78 is 8.22. The molecule has 0 spiro atoms. The molecule has 2 aromatic heterocycles. The van der Waals surface area contributed by atoms with E-state index in [0.717, 1.165) is 6.20 Å². The Bertz CT molecular complexity index is 460. The highest BCUT2D eigenvalue weighted by atomic mass is 16.8. The molecule has 2 aromatic rings. The smallest absolute Gasteiger partial charge is 0.359 e. The highest BCUT2D eigenvalue weighted by Gasteiger charge is 2.29. The number of nitrogens with zero attached hydrogens (tertiary/aromatic N) is 5. The fourth-order valence-electron chi connectivity index (χ4n) is 0.838. The molecule has 0 aliphatic carbocycles. The SMILES string of the molecule is O=[N+]([O-])c1no[n+]([O-])c1-c1cnon1. The van der Waals surface area contributed by atoms with E-state index in [2.05, 4.69) is 24.7 Å². The van der Waals surface area contributed by atoms with Crippen LogP contribution >= 0.6 is 0 Å². The minimum Gasteiger partial charge on any atom is -0.359 e. The Labute approximate surface area is 74.4 Å². The van der Waals surface area contributed by atoms with Crippen LogP contribution < -0.4 is 4.90 Å². The van der Waals surface area contributed by atoms with Crippen molar-refractivity contribution in [3.8, 4) is 11.4 Å². The molecule has 0 aliphatic heterocycles. The van der Waals surface area contributed by atoms with Crippen molar-refractivity contribution >= 4 is 5.82 Å². The van der Waals surface area contributed by atoms with Gasteiger partial charge in [0.1, 0.15) is 6.20 Å². The predicted molar refractivity (Wildman–Crippen MR) is 35.4 cm³/mol. The Morgan fingerprint density at radius 2 is 2.29 bits per heavy atom. The van der Waals surface area contributed by atoms with Crippen LogP contribution in [0.25, 0.3) is 11.4 Å². The van der Waals surface area contributed by atoms with Crippen LogP contribution in [0.4, 0.5) is 5.82 Å². The molecule has 0 fully saturated rings. The lowest BCUT2D eigenvalue weighted by Crippen LogP contribution is -2.25. The second-order valence-corrected chi connectivity index (χ2v) is 2.15. The molecule has 0 saturated heterocycles. The first-order valence-electron chi connectivity index (χ1n) is 3.22. The Hall–Kier alpha value is -2.52. The second-order valence-electron chi connectivity index (χ2n) is 2.15. The van der Waals surface area contributed by atoms with Gasteiger partial charge in [-0.3, -0.25) is 4.63 Å². The molecular formula is C4HN5O5. The Kier molecular flexibility index (Phi) is 1.59. The molecule has 72 valence electrons. The highest BCUT2D eigenvalue weighted by molar-refractivity contribution is 5.57. The molecule has 0 aromatic carbocycles. The number of hydrogen-bond acceptors (Lipinski definition) is 8. The van der Waals surface area contributed by atoms with Gasteiger partial charge < -0.3 is 15.3 Å². The first kappa shape index (κ1) is 8.10. The number of rotatable bonds is 2. The van der Waals surface area contributed by atoms with Crippen molar-refractivity contribution in [3.63, 3.8) is 0 Å². The Morgan fingerprint density at radius 3 is 2.86 bits per heavy atom. The summed E-state index contributed by atoms with van der Waals surface area (Å²) in [5.41, 5.74) is -0.566. The largest absolute Gasteiger partial charge is 0.442 e. The van der Waals surface area contributed by atoms with Gasteiger partial charge in [0.05, 0.1) is 5.16 Å². The van der Waals surface area contributed by atoms with E-state index in [-0.39, 0.29) is 10.6 Å². The monoisotopic (exact) mass is 199 g/mol. The van der Waals surface area contributed by atoms with Crippen LogP contribution in [0.15, 0.2) is 15.5 Å². The summed E-state index contributed by atoms with van der Waals surface area (Å²) in [6.07, 6.45) is 1.04. The van der Waals surface area contributed by atoms with Crippen LogP contribution in [-0.2, 0) is 0 Å². The van der Waals surface area contributed by atoms with Gasteiger partial charge in [-0.15, -0.1) is 0 Å². The van der Waals surface area contributed by atoms with Gasteiger partial charge in [0, 0.05) is 0 Å². The molecule has 0 atom stereocenters. The van der Waals surface area contributed by atoms with Crippen molar-refractivity contribution in [2.45, 2.75) is 0 Å². The molecule has 0 saturated carbocycles. The van der Waals surface area contributed by atoms with Crippen LogP contribution in [0.1, 0.15) is 0 Å². The third kappa shape index (κ3) is 1.05. The van der Waals surface area contributed by atoms with Crippen LogP contribution in [0.2, 0.25) is 0 Å². The highest BCUT2D eigenvalue weighted by Crippen LogP contribution is 2.21. The fraction of sp³-hybridized carbons (Fsp3) is 0. The first-order chi connectivity index (χ1) is 6.70. The van der Waals surface area contributed by atoms with Gasteiger partial charge in [-0.05, 0) is 15.0 Å². The molecule has 10 heteroatoms. The van der Waals surface area contributed by atoms with Crippen LogP contribution in [0.3, 0.4) is 0 Å². The van der Waals surface area contributed by atoms with E-state index >= 15 is 0 Å². The summed E-state index contributed by atoms with van der Waals surface area (Å²) in [5.74, 6) is -0.740. The van der Waals surface area contributed by atoms with Crippen molar-refractivity contribution in [1.29, 1.82) is 0 Å². The topological polar surface area (TPSA) is 135 Å². The maximum Gasteiger partial charge on any atom is 0.442 e. The summed E-state index contributed by atoms with van der Waals surface area (Å²) in [6, 6.07) is 0. The molecule has 0 unspecified atom stereocenters. The van der Waals surface area contributed by atoms with E-state index < -0.39 is 16.4 Å². The lowest BCUT2D eigenvalue weighted by molar-refractivity contribution is -0.793. The number of aromatic nitrogens is 4. The first-order valence-corrected chi connectivity index (χ1v) is 3.22. The van der Waals surface area contributed by atoms with Crippen molar-refractivity contribution in [3.05, 3.63) is 21.5 Å². The van der Waals surface area contributed by atoms with E-state index in [9.17, 15) is 15.3 Å². The maximum atomic E-state index is 10.9. The zero-order chi connectivity index (χ0) is 10.1. The average molecular weight is 199 g/mol. The van der Waals surface area contributed by atoms with Crippen LogP contribution in [-0.4, -0.2) is 20.4 Å². The summed E-state index contributed by atoms with van der Waals surface area (Å²) in [4.78, 5) is 9.37. The van der Waals surface area contributed by atoms with E-state index in [4.69, 9.17) is 0 Å². The molecule has 0 N–H and O–H groups in total. The van der Waals surface area contributed by atoms with Gasteiger partial charge in [0.2, 0.25) is 0 Å². The van der Waals surface area contributed by atoms with E-state index in [1.165, 1.54) is 0 Å². The Morgan fingerprint density at radius 1 is 1.50 bits per heavy atom. The molecule has 2 rings (SSSR count). The van der Waals surface area contributed by atoms with Gasteiger partial charge in [-0.2, -0.15) is 0 Å². The summed E-state index contributed by atoms with van der Waals surface area (Å²) in [7, 11) is 0. The van der Waals surface area contributed by atoms with Gasteiger partial charge >= 0.3 is 11.5 Å². The molecule has 10 nitrogen and oxygen atoms in total. The molecule has 2 heterocycles. The summed E-state index contributed by atoms with van der Waals surface area (Å²) >= 11 is 0. The van der Waals surface area contributed by atoms with E-state index in [1.54, 1.807) is 0 Å².